The molecule has 108 valence electrons. The molecule has 2 N–H and O–H groups in total. The zero-order chi connectivity index (χ0) is 14.1. The molecule has 0 saturated heterocycles. The quantitative estimate of drug-likeness (QED) is 0.714. The fourth-order valence-electron chi connectivity index (χ4n) is 1.79. The van der Waals surface area contributed by atoms with Crippen LogP contribution >= 0.6 is 0 Å². The van der Waals surface area contributed by atoms with Crippen LogP contribution in [0.2, 0.25) is 0 Å². The zero-order valence-corrected chi connectivity index (χ0v) is 12.1. The first-order valence-corrected chi connectivity index (χ1v) is 6.73. The van der Waals surface area contributed by atoms with E-state index < -0.39 is 0 Å². The monoisotopic (exact) mass is 267 g/mol. The van der Waals surface area contributed by atoms with Crippen LogP contribution in [-0.4, -0.2) is 44.1 Å². The van der Waals surface area contributed by atoms with Gasteiger partial charge in [-0.15, -0.1) is 0 Å². The van der Waals surface area contributed by atoms with E-state index in [0.717, 1.165) is 18.8 Å². The molecule has 19 heavy (non-hydrogen) atoms. The highest BCUT2D eigenvalue weighted by molar-refractivity contribution is 5.27. The first-order valence-electron chi connectivity index (χ1n) is 6.73. The number of benzene rings is 1. The van der Waals surface area contributed by atoms with Crippen LogP contribution in [0.4, 0.5) is 0 Å². The lowest BCUT2D eigenvalue weighted by Gasteiger charge is -2.19. The number of hydrogen-bond acceptors (Lipinski definition) is 4. The third kappa shape index (κ3) is 6.57. The first-order chi connectivity index (χ1) is 9.15. The maximum atomic E-state index is 9.24. The van der Waals surface area contributed by atoms with Gasteiger partial charge in [0.15, 0.2) is 0 Å². The molecule has 0 aromatic heterocycles. The van der Waals surface area contributed by atoms with Gasteiger partial charge in [0.2, 0.25) is 0 Å². The van der Waals surface area contributed by atoms with Gasteiger partial charge in [0.1, 0.15) is 12.4 Å². The van der Waals surface area contributed by atoms with E-state index in [2.05, 4.69) is 5.32 Å². The Balaban J connectivity index is 2.39. The lowest BCUT2D eigenvalue weighted by molar-refractivity contribution is 0.177. The summed E-state index contributed by atoms with van der Waals surface area (Å²) in [6.45, 7) is 5.36. The maximum Gasteiger partial charge on any atom is 0.119 e. The Kier molecular flexibility index (Phi) is 7.48. The second-order valence-corrected chi connectivity index (χ2v) is 4.90. The molecule has 1 atom stereocenters. The van der Waals surface area contributed by atoms with Crippen molar-refractivity contribution in [2.45, 2.75) is 32.4 Å². The summed E-state index contributed by atoms with van der Waals surface area (Å²) < 4.78 is 10.7. The van der Waals surface area contributed by atoms with Gasteiger partial charge >= 0.3 is 0 Å². The Morgan fingerprint density at radius 2 is 1.89 bits per heavy atom. The van der Waals surface area contributed by atoms with E-state index >= 15 is 0 Å². The van der Waals surface area contributed by atoms with Gasteiger partial charge in [-0.3, -0.25) is 0 Å². The molecule has 0 amide bonds. The molecule has 0 unspecified atom stereocenters. The highest BCUT2D eigenvalue weighted by Gasteiger charge is 2.09. The Morgan fingerprint density at radius 3 is 2.42 bits per heavy atom. The topological polar surface area (TPSA) is 50.7 Å². The second-order valence-electron chi connectivity index (χ2n) is 4.90. The van der Waals surface area contributed by atoms with E-state index in [4.69, 9.17) is 9.47 Å². The Hall–Kier alpha value is -1.10. The summed E-state index contributed by atoms with van der Waals surface area (Å²) in [5, 5.41) is 12.5. The van der Waals surface area contributed by atoms with Crippen LogP contribution in [0.15, 0.2) is 24.3 Å². The molecular weight excluding hydrogens is 242 g/mol. The molecule has 0 aliphatic rings. The van der Waals surface area contributed by atoms with E-state index in [0.29, 0.717) is 12.6 Å². The van der Waals surface area contributed by atoms with Crippen LogP contribution in [-0.2, 0) is 11.2 Å². The van der Waals surface area contributed by atoms with E-state index in [9.17, 15) is 5.11 Å². The number of aliphatic hydroxyl groups is 1. The molecule has 1 aromatic rings. The van der Waals surface area contributed by atoms with E-state index in [1.807, 2.05) is 38.1 Å². The van der Waals surface area contributed by atoms with Gasteiger partial charge in [0.25, 0.3) is 0 Å². The Labute approximate surface area is 115 Å². The number of nitrogens with one attached hydrogen (secondary N) is 1. The largest absolute Gasteiger partial charge is 0.492 e. The summed E-state index contributed by atoms with van der Waals surface area (Å²) in [4.78, 5) is 0. The average molecular weight is 267 g/mol. The minimum atomic E-state index is -0.0341. The lowest BCUT2D eigenvalue weighted by Crippen LogP contribution is -2.41. The molecule has 0 saturated carbocycles. The summed E-state index contributed by atoms with van der Waals surface area (Å²) in [6, 6.07) is 8.28. The molecule has 0 spiro atoms. The average Bonchev–Trinajstić information content (AvgIpc) is 2.42. The third-order valence-electron chi connectivity index (χ3n) is 2.76. The van der Waals surface area contributed by atoms with Crippen molar-refractivity contribution >= 4 is 0 Å². The summed E-state index contributed by atoms with van der Waals surface area (Å²) in [5.41, 5.74) is 1.23. The standard InChI is InChI=1S/C15H25NO3/c1-12(2)16-14(10-17)11-19-15-6-4-13(5-7-15)8-9-18-3/h4-7,12,14,16-17H,8-11H2,1-3H3/t14-/m1/s1. The van der Waals surface area contributed by atoms with Crippen molar-refractivity contribution in [2.24, 2.45) is 0 Å². The molecule has 0 heterocycles. The predicted molar refractivity (Wildman–Crippen MR) is 76.7 cm³/mol. The van der Waals surface area contributed by atoms with Gasteiger partial charge < -0.3 is 19.9 Å². The minimum Gasteiger partial charge on any atom is -0.492 e. The second kappa shape index (κ2) is 8.91. The number of ether oxygens (including phenoxy) is 2. The van der Waals surface area contributed by atoms with Gasteiger partial charge in [0.05, 0.1) is 19.3 Å². The van der Waals surface area contributed by atoms with Gasteiger partial charge in [-0.05, 0) is 24.1 Å². The number of rotatable bonds is 9. The van der Waals surface area contributed by atoms with E-state index in [1.54, 1.807) is 7.11 Å². The molecule has 1 rings (SSSR count). The molecule has 4 nitrogen and oxygen atoms in total. The van der Waals surface area contributed by atoms with Crippen LogP contribution < -0.4 is 10.1 Å². The summed E-state index contributed by atoms with van der Waals surface area (Å²) >= 11 is 0. The normalized spacial score (nSPS) is 12.7. The summed E-state index contributed by atoms with van der Waals surface area (Å²) in [5.74, 6) is 0.824. The smallest absolute Gasteiger partial charge is 0.119 e. The lowest BCUT2D eigenvalue weighted by atomic mass is 10.1. The minimum absolute atomic E-state index is 0.0341. The Morgan fingerprint density at radius 1 is 1.21 bits per heavy atom. The molecule has 0 radical (unpaired) electrons. The Bertz CT molecular complexity index is 338. The van der Waals surface area contributed by atoms with Crippen molar-refractivity contribution in [3.8, 4) is 5.75 Å². The highest BCUT2D eigenvalue weighted by atomic mass is 16.5. The van der Waals surface area contributed by atoms with Crippen LogP contribution in [0, 0.1) is 0 Å². The zero-order valence-electron chi connectivity index (χ0n) is 12.1. The van der Waals surface area contributed by atoms with Crippen LogP contribution in [0.1, 0.15) is 19.4 Å². The summed E-state index contributed by atoms with van der Waals surface area (Å²) in [7, 11) is 1.70. The van der Waals surface area contributed by atoms with Crippen molar-refractivity contribution in [3.63, 3.8) is 0 Å². The van der Waals surface area contributed by atoms with Gasteiger partial charge in [-0.1, -0.05) is 26.0 Å². The molecular formula is C15H25NO3. The van der Waals surface area contributed by atoms with Crippen LogP contribution in [0.25, 0.3) is 0 Å². The highest BCUT2D eigenvalue weighted by Crippen LogP contribution is 2.13. The maximum absolute atomic E-state index is 9.24. The number of aliphatic hydroxyl groups excluding tert-OH is 1. The SMILES string of the molecule is COCCc1ccc(OC[C@@H](CO)NC(C)C)cc1. The first kappa shape index (κ1) is 16.0. The molecule has 0 aliphatic carbocycles. The number of methoxy groups -OCH3 is 1. The van der Waals surface area contributed by atoms with E-state index in [-0.39, 0.29) is 12.6 Å². The van der Waals surface area contributed by atoms with Crippen molar-refractivity contribution in [2.75, 3.05) is 26.9 Å². The van der Waals surface area contributed by atoms with Gasteiger partial charge in [-0.25, -0.2) is 0 Å². The van der Waals surface area contributed by atoms with Crippen molar-refractivity contribution in [1.29, 1.82) is 0 Å². The molecule has 1 aromatic carbocycles. The van der Waals surface area contributed by atoms with Crippen molar-refractivity contribution < 1.29 is 14.6 Å². The number of hydrogen-bond donors (Lipinski definition) is 2. The fraction of sp³-hybridized carbons (Fsp3) is 0.600. The summed E-state index contributed by atoms with van der Waals surface area (Å²) in [6.07, 6.45) is 0.908. The van der Waals surface area contributed by atoms with E-state index in [1.165, 1.54) is 5.56 Å². The van der Waals surface area contributed by atoms with Crippen LogP contribution in [0.3, 0.4) is 0 Å². The van der Waals surface area contributed by atoms with Crippen molar-refractivity contribution in [3.05, 3.63) is 29.8 Å². The van der Waals surface area contributed by atoms with Crippen LogP contribution in [0.5, 0.6) is 5.75 Å². The predicted octanol–water partition coefficient (Wildman–Crippen LogP) is 1.61. The molecule has 0 bridgehead atoms. The fourth-order valence-corrected chi connectivity index (χ4v) is 1.79. The van der Waals surface area contributed by atoms with Gasteiger partial charge in [-0.2, -0.15) is 0 Å². The molecule has 0 fully saturated rings. The van der Waals surface area contributed by atoms with Gasteiger partial charge in [0, 0.05) is 13.2 Å². The molecule has 4 heteroatoms. The van der Waals surface area contributed by atoms with Crippen molar-refractivity contribution in [1.82, 2.24) is 5.32 Å². The third-order valence-corrected chi connectivity index (χ3v) is 2.76. The molecule has 0 aliphatic heterocycles.